The number of anilines is 1. The average molecular weight is 248 g/mol. The molecule has 0 aliphatic carbocycles. The van der Waals surface area contributed by atoms with Crippen molar-refractivity contribution in [2.45, 2.75) is 32.9 Å². The zero-order chi connectivity index (χ0) is 13.3. The lowest BCUT2D eigenvalue weighted by atomic mass is 10.1. The summed E-state index contributed by atoms with van der Waals surface area (Å²) in [7, 11) is 0. The lowest BCUT2D eigenvalue weighted by Crippen LogP contribution is -2.55. The van der Waals surface area contributed by atoms with Crippen molar-refractivity contribution < 1.29 is 4.79 Å². The maximum absolute atomic E-state index is 11.5. The van der Waals surface area contributed by atoms with Gasteiger partial charge in [-0.2, -0.15) is 0 Å². The number of carbonyl (C=O) groups excluding carboxylic acids is 1. The molecule has 5 heteroatoms. The van der Waals surface area contributed by atoms with Gasteiger partial charge in [0.25, 0.3) is 5.91 Å². The van der Waals surface area contributed by atoms with E-state index in [-0.39, 0.29) is 0 Å². The fourth-order valence-electron chi connectivity index (χ4n) is 2.27. The Hall–Kier alpha value is -1.62. The van der Waals surface area contributed by atoms with Gasteiger partial charge in [0.05, 0.1) is 5.56 Å². The molecule has 98 valence electrons. The van der Waals surface area contributed by atoms with Gasteiger partial charge in [-0.25, -0.2) is 4.98 Å². The molecule has 0 saturated carbocycles. The van der Waals surface area contributed by atoms with Crippen molar-refractivity contribution in [3.63, 3.8) is 0 Å². The van der Waals surface area contributed by atoms with E-state index in [0.29, 0.717) is 23.5 Å². The minimum absolute atomic E-state index is 0.300. The minimum Gasteiger partial charge on any atom is -0.365 e. The number of rotatable bonds is 2. The zero-order valence-electron chi connectivity index (χ0n) is 11.1. The summed E-state index contributed by atoms with van der Waals surface area (Å²) in [5.74, 6) is 0.291. The second kappa shape index (κ2) is 4.94. The van der Waals surface area contributed by atoms with Crippen LogP contribution in [0.15, 0.2) is 12.1 Å². The number of aromatic nitrogens is 1. The Kier molecular flexibility index (Phi) is 3.52. The molecule has 1 amide bonds. The normalized spacial score (nSPS) is 24.1. The summed E-state index contributed by atoms with van der Waals surface area (Å²) in [5.41, 5.74) is 6.83. The predicted molar refractivity (Wildman–Crippen MR) is 71.8 cm³/mol. The van der Waals surface area contributed by atoms with Gasteiger partial charge >= 0.3 is 0 Å². The molecular weight excluding hydrogens is 228 g/mol. The van der Waals surface area contributed by atoms with E-state index in [1.807, 2.05) is 13.0 Å². The molecular formula is C13H20N4O. The molecule has 5 nitrogen and oxygen atoms in total. The third-order valence-electron chi connectivity index (χ3n) is 3.32. The Morgan fingerprint density at radius 1 is 1.50 bits per heavy atom. The van der Waals surface area contributed by atoms with Gasteiger partial charge < -0.3 is 16.0 Å². The Bertz CT molecular complexity index is 460. The van der Waals surface area contributed by atoms with Gasteiger partial charge in [0.15, 0.2) is 0 Å². The summed E-state index contributed by atoms with van der Waals surface area (Å²) in [6.07, 6.45) is 0. The molecule has 2 heterocycles. The van der Waals surface area contributed by atoms with Crippen molar-refractivity contribution in [1.82, 2.24) is 10.3 Å². The minimum atomic E-state index is -0.420. The highest BCUT2D eigenvalue weighted by Gasteiger charge is 2.26. The SMILES string of the molecule is Cc1ccc(C(N)=O)c(N2CC(C)NCC2C)n1. The van der Waals surface area contributed by atoms with Crippen molar-refractivity contribution in [3.8, 4) is 0 Å². The molecule has 1 aliphatic heterocycles. The summed E-state index contributed by atoms with van der Waals surface area (Å²) in [6, 6.07) is 4.26. The molecule has 1 aliphatic rings. The number of hydrogen-bond acceptors (Lipinski definition) is 4. The van der Waals surface area contributed by atoms with Gasteiger partial charge in [0, 0.05) is 30.9 Å². The largest absolute Gasteiger partial charge is 0.365 e. The van der Waals surface area contributed by atoms with Crippen LogP contribution in [0, 0.1) is 6.92 Å². The molecule has 0 aromatic carbocycles. The molecule has 2 atom stereocenters. The van der Waals surface area contributed by atoms with Gasteiger partial charge in [-0.05, 0) is 32.9 Å². The first-order valence-corrected chi connectivity index (χ1v) is 6.26. The van der Waals surface area contributed by atoms with Crippen molar-refractivity contribution in [1.29, 1.82) is 0 Å². The second-order valence-electron chi connectivity index (χ2n) is 5.00. The van der Waals surface area contributed by atoms with E-state index in [2.05, 4.69) is 29.0 Å². The molecule has 0 bridgehead atoms. The van der Waals surface area contributed by atoms with Crippen LogP contribution in [0.4, 0.5) is 5.82 Å². The van der Waals surface area contributed by atoms with Gasteiger partial charge in [-0.1, -0.05) is 0 Å². The number of carbonyl (C=O) groups is 1. The number of pyridine rings is 1. The fraction of sp³-hybridized carbons (Fsp3) is 0.538. The van der Waals surface area contributed by atoms with Crippen LogP contribution in [-0.4, -0.2) is 36.1 Å². The first-order chi connectivity index (χ1) is 8.49. The maximum Gasteiger partial charge on any atom is 0.252 e. The topological polar surface area (TPSA) is 71.2 Å². The van der Waals surface area contributed by atoms with Crippen molar-refractivity contribution in [2.24, 2.45) is 5.73 Å². The number of aryl methyl sites for hydroxylation is 1. The highest BCUT2D eigenvalue weighted by Crippen LogP contribution is 2.22. The van der Waals surface area contributed by atoms with Gasteiger partial charge in [-0.3, -0.25) is 4.79 Å². The standard InChI is InChI=1S/C13H20N4O/c1-8-4-5-11(12(14)18)13(16-8)17-7-9(2)15-6-10(17)3/h4-5,9-10,15H,6-7H2,1-3H3,(H2,14,18). The quantitative estimate of drug-likeness (QED) is 0.807. The Morgan fingerprint density at radius 3 is 2.89 bits per heavy atom. The van der Waals surface area contributed by atoms with E-state index in [1.165, 1.54) is 0 Å². The number of piperazine rings is 1. The molecule has 1 aromatic heterocycles. The second-order valence-corrected chi connectivity index (χ2v) is 5.00. The van der Waals surface area contributed by atoms with Crippen LogP contribution in [0.5, 0.6) is 0 Å². The molecule has 1 fully saturated rings. The van der Waals surface area contributed by atoms with Crippen LogP contribution in [-0.2, 0) is 0 Å². The molecule has 1 saturated heterocycles. The molecule has 18 heavy (non-hydrogen) atoms. The molecule has 0 radical (unpaired) electrons. The number of primary amides is 1. The summed E-state index contributed by atoms with van der Waals surface area (Å²) in [6.45, 7) is 7.88. The molecule has 2 rings (SSSR count). The highest BCUT2D eigenvalue weighted by atomic mass is 16.1. The number of hydrogen-bond donors (Lipinski definition) is 2. The van der Waals surface area contributed by atoms with Crippen LogP contribution in [0.2, 0.25) is 0 Å². The Balaban J connectivity index is 2.41. The van der Waals surface area contributed by atoms with Crippen LogP contribution >= 0.6 is 0 Å². The Labute approximate surface area is 107 Å². The summed E-state index contributed by atoms with van der Waals surface area (Å²) < 4.78 is 0. The lowest BCUT2D eigenvalue weighted by Gasteiger charge is -2.39. The van der Waals surface area contributed by atoms with Crippen LogP contribution in [0.25, 0.3) is 0 Å². The van der Waals surface area contributed by atoms with E-state index in [4.69, 9.17) is 5.73 Å². The van der Waals surface area contributed by atoms with E-state index in [1.54, 1.807) is 6.07 Å². The van der Waals surface area contributed by atoms with Gasteiger partial charge in [-0.15, -0.1) is 0 Å². The van der Waals surface area contributed by atoms with E-state index in [9.17, 15) is 4.79 Å². The van der Waals surface area contributed by atoms with Gasteiger partial charge in [0.1, 0.15) is 5.82 Å². The number of amides is 1. The number of nitrogens with two attached hydrogens (primary N) is 1. The fourth-order valence-corrected chi connectivity index (χ4v) is 2.27. The average Bonchev–Trinajstić information content (AvgIpc) is 2.31. The molecule has 2 unspecified atom stereocenters. The predicted octanol–water partition coefficient (Wildman–Crippen LogP) is 0.676. The smallest absolute Gasteiger partial charge is 0.252 e. The zero-order valence-corrected chi connectivity index (χ0v) is 11.1. The molecule has 3 N–H and O–H groups in total. The molecule has 0 spiro atoms. The first-order valence-electron chi connectivity index (χ1n) is 6.26. The summed E-state index contributed by atoms with van der Waals surface area (Å²) in [5, 5.41) is 3.41. The van der Waals surface area contributed by atoms with E-state index in [0.717, 1.165) is 18.8 Å². The first kappa shape index (κ1) is 12.8. The summed E-state index contributed by atoms with van der Waals surface area (Å²) >= 11 is 0. The lowest BCUT2D eigenvalue weighted by molar-refractivity contribution is 0.1000. The van der Waals surface area contributed by atoms with Crippen LogP contribution in [0.3, 0.4) is 0 Å². The third-order valence-corrected chi connectivity index (χ3v) is 3.32. The van der Waals surface area contributed by atoms with Crippen LogP contribution in [0.1, 0.15) is 29.9 Å². The van der Waals surface area contributed by atoms with Crippen molar-refractivity contribution in [2.75, 3.05) is 18.0 Å². The maximum atomic E-state index is 11.5. The van der Waals surface area contributed by atoms with Crippen molar-refractivity contribution in [3.05, 3.63) is 23.4 Å². The van der Waals surface area contributed by atoms with Crippen molar-refractivity contribution >= 4 is 11.7 Å². The monoisotopic (exact) mass is 248 g/mol. The van der Waals surface area contributed by atoms with Gasteiger partial charge in [0.2, 0.25) is 0 Å². The van der Waals surface area contributed by atoms with E-state index >= 15 is 0 Å². The van der Waals surface area contributed by atoms with Crippen LogP contribution < -0.4 is 16.0 Å². The number of nitrogens with one attached hydrogen (secondary N) is 1. The number of nitrogens with zero attached hydrogens (tertiary/aromatic N) is 2. The highest BCUT2D eigenvalue weighted by molar-refractivity contribution is 5.97. The molecule has 1 aromatic rings. The Morgan fingerprint density at radius 2 is 2.22 bits per heavy atom. The van der Waals surface area contributed by atoms with E-state index < -0.39 is 5.91 Å². The third kappa shape index (κ3) is 2.46. The summed E-state index contributed by atoms with van der Waals surface area (Å²) in [4.78, 5) is 18.2.